The molecule has 6 heteroatoms. The van der Waals surface area contributed by atoms with E-state index in [9.17, 15) is 18.8 Å². The predicted octanol–water partition coefficient (Wildman–Crippen LogP) is 4.34. The van der Waals surface area contributed by atoms with Gasteiger partial charge in [0, 0.05) is 24.0 Å². The number of rotatable bonds is 5. The van der Waals surface area contributed by atoms with E-state index in [4.69, 9.17) is 0 Å². The fourth-order valence-corrected chi connectivity index (χ4v) is 2.63. The second-order valence-electron chi connectivity index (χ2n) is 5.73. The smallest absolute Gasteiger partial charge is 0.266 e. The molecule has 1 amide bonds. The summed E-state index contributed by atoms with van der Waals surface area (Å²) in [6.07, 6.45) is 2.42. The standard InChI is InChI=1S/C19H19F2N3O/c1-4-7-24-12(2)8-14(13(24)3)9-15(11-22)19(25)23-18-10-16(20)5-6-17(18)21/h5-6,8-10H,4,7H2,1-3H3,(H,23,25)/b15-9+. The number of halogens is 2. The van der Waals surface area contributed by atoms with E-state index in [1.165, 1.54) is 6.08 Å². The molecule has 0 aliphatic heterocycles. The Morgan fingerprint density at radius 3 is 2.68 bits per heavy atom. The quantitative estimate of drug-likeness (QED) is 0.648. The van der Waals surface area contributed by atoms with E-state index in [-0.39, 0.29) is 11.3 Å². The van der Waals surface area contributed by atoms with Crippen LogP contribution in [0.2, 0.25) is 0 Å². The minimum atomic E-state index is -0.785. The summed E-state index contributed by atoms with van der Waals surface area (Å²) in [6.45, 7) is 6.77. The van der Waals surface area contributed by atoms with Crippen molar-refractivity contribution in [3.8, 4) is 6.07 Å². The first kappa shape index (κ1) is 18.4. The van der Waals surface area contributed by atoms with Crippen molar-refractivity contribution in [2.24, 2.45) is 0 Å². The molecule has 1 aromatic heterocycles. The second kappa shape index (κ2) is 7.75. The van der Waals surface area contributed by atoms with Crippen LogP contribution >= 0.6 is 0 Å². The van der Waals surface area contributed by atoms with E-state index in [1.54, 1.807) is 0 Å². The van der Waals surface area contributed by atoms with Gasteiger partial charge in [0.15, 0.2) is 0 Å². The fraction of sp³-hybridized carbons (Fsp3) is 0.263. The molecule has 130 valence electrons. The number of carbonyl (C=O) groups is 1. The number of amides is 1. The van der Waals surface area contributed by atoms with Gasteiger partial charge in [0.25, 0.3) is 5.91 Å². The van der Waals surface area contributed by atoms with Crippen molar-refractivity contribution in [3.05, 3.63) is 58.4 Å². The molecule has 1 N–H and O–H groups in total. The summed E-state index contributed by atoms with van der Waals surface area (Å²) in [5.41, 5.74) is 2.23. The highest BCUT2D eigenvalue weighted by atomic mass is 19.1. The van der Waals surface area contributed by atoms with Crippen molar-refractivity contribution < 1.29 is 13.6 Å². The fourth-order valence-electron chi connectivity index (χ4n) is 2.63. The van der Waals surface area contributed by atoms with Gasteiger partial charge in [0.1, 0.15) is 23.3 Å². The molecule has 0 saturated heterocycles. The zero-order valence-electron chi connectivity index (χ0n) is 14.4. The average molecular weight is 343 g/mol. The molecule has 0 atom stereocenters. The van der Waals surface area contributed by atoms with Crippen LogP contribution in [0.4, 0.5) is 14.5 Å². The number of benzene rings is 1. The van der Waals surface area contributed by atoms with Gasteiger partial charge in [-0.2, -0.15) is 5.26 Å². The SMILES string of the molecule is CCCn1c(C)cc(/C=C(\C#N)C(=O)Nc2cc(F)ccc2F)c1C. The Kier molecular flexibility index (Phi) is 5.71. The molecular weight excluding hydrogens is 324 g/mol. The van der Waals surface area contributed by atoms with Crippen molar-refractivity contribution in [2.75, 3.05) is 5.32 Å². The molecule has 0 unspecified atom stereocenters. The Morgan fingerprint density at radius 1 is 1.32 bits per heavy atom. The van der Waals surface area contributed by atoms with Crippen LogP contribution in [0.25, 0.3) is 6.08 Å². The van der Waals surface area contributed by atoms with Crippen LogP contribution in [0.1, 0.15) is 30.3 Å². The molecular formula is C19H19F2N3O. The highest BCUT2D eigenvalue weighted by Crippen LogP contribution is 2.20. The van der Waals surface area contributed by atoms with Crippen molar-refractivity contribution in [1.82, 2.24) is 4.57 Å². The normalized spacial score (nSPS) is 11.3. The molecule has 0 fully saturated rings. The van der Waals surface area contributed by atoms with Gasteiger partial charge in [-0.25, -0.2) is 8.78 Å². The van der Waals surface area contributed by atoms with E-state index >= 15 is 0 Å². The Labute approximate surface area is 145 Å². The number of nitrogens with one attached hydrogen (secondary N) is 1. The Morgan fingerprint density at radius 2 is 2.04 bits per heavy atom. The number of aromatic nitrogens is 1. The monoisotopic (exact) mass is 343 g/mol. The Balaban J connectivity index is 2.32. The Hall–Kier alpha value is -2.94. The molecule has 25 heavy (non-hydrogen) atoms. The molecule has 1 heterocycles. The summed E-state index contributed by atoms with van der Waals surface area (Å²) in [7, 11) is 0. The molecule has 2 rings (SSSR count). The predicted molar refractivity (Wildman–Crippen MR) is 92.8 cm³/mol. The van der Waals surface area contributed by atoms with Crippen LogP contribution in [0.15, 0.2) is 29.8 Å². The van der Waals surface area contributed by atoms with Crippen molar-refractivity contribution in [2.45, 2.75) is 33.7 Å². The number of aryl methyl sites for hydroxylation is 1. The third kappa shape index (κ3) is 4.13. The van der Waals surface area contributed by atoms with Gasteiger partial charge in [-0.3, -0.25) is 4.79 Å². The van der Waals surface area contributed by atoms with E-state index < -0.39 is 17.5 Å². The third-order valence-corrected chi connectivity index (χ3v) is 3.90. The maximum absolute atomic E-state index is 13.6. The van der Waals surface area contributed by atoms with Crippen molar-refractivity contribution in [1.29, 1.82) is 5.26 Å². The lowest BCUT2D eigenvalue weighted by Crippen LogP contribution is -2.14. The molecule has 0 bridgehead atoms. The maximum atomic E-state index is 13.6. The number of nitrogens with zero attached hydrogens (tertiary/aromatic N) is 2. The van der Waals surface area contributed by atoms with Gasteiger partial charge in [0.05, 0.1) is 5.69 Å². The van der Waals surface area contributed by atoms with Crippen LogP contribution in [0, 0.1) is 36.8 Å². The largest absolute Gasteiger partial charge is 0.349 e. The van der Waals surface area contributed by atoms with Gasteiger partial charge in [-0.15, -0.1) is 0 Å². The van der Waals surface area contributed by atoms with E-state index in [0.717, 1.165) is 48.1 Å². The summed E-state index contributed by atoms with van der Waals surface area (Å²) in [4.78, 5) is 12.2. The summed E-state index contributed by atoms with van der Waals surface area (Å²) >= 11 is 0. The molecule has 1 aromatic carbocycles. The van der Waals surface area contributed by atoms with Gasteiger partial charge >= 0.3 is 0 Å². The van der Waals surface area contributed by atoms with Gasteiger partial charge in [-0.05, 0) is 50.1 Å². The maximum Gasteiger partial charge on any atom is 0.266 e. The van der Waals surface area contributed by atoms with Crippen LogP contribution in [0.5, 0.6) is 0 Å². The molecule has 0 aliphatic carbocycles. The zero-order valence-corrected chi connectivity index (χ0v) is 14.4. The van der Waals surface area contributed by atoms with E-state index in [1.807, 2.05) is 26.0 Å². The van der Waals surface area contributed by atoms with Crippen molar-refractivity contribution in [3.63, 3.8) is 0 Å². The lowest BCUT2D eigenvalue weighted by molar-refractivity contribution is -0.112. The number of nitriles is 1. The molecule has 4 nitrogen and oxygen atoms in total. The second-order valence-corrected chi connectivity index (χ2v) is 5.73. The molecule has 2 aromatic rings. The minimum Gasteiger partial charge on any atom is -0.349 e. The molecule has 0 radical (unpaired) electrons. The van der Waals surface area contributed by atoms with E-state index in [2.05, 4.69) is 16.8 Å². The molecule has 0 aliphatic rings. The number of anilines is 1. The van der Waals surface area contributed by atoms with E-state index in [0.29, 0.717) is 0 Å². The van der Waals surface area contributed by atoms with Gasteiger partial charge in [-0.1, -0.05) is 6.92 Å². The topological polar surface area (TPSA) is 57.8 Å². The molecule has 0 spiro atoms. The first-order chi connectivity index (χ1) is 11.9. The highest BCUT2D eigenvalue weighted by molar-refractivity contribution is 6.09. The molecule has 0 saturated carbocycles. The summed E-state index contributed by atoms with van der Waals surface area (Å²) in [5.74, 6) is -2.23. The van der Waals surface area contributed by atoms with Crippen LogP contribution in [-0.4, -0.2) is 10.5 Å². The first-order valence-corrected chi connectivity index (χ1v) is 7.92. The number of hydrogen-bond acceptors (Lipinski definition) is 2. The lowest BCUT2D eigenvalue weighted by atomic mass is 10.1. The van der Waals surface area contributed by atoms with Crippen LogP contribution in [-0.2, 0) is 11.3 Å². The summed E-state index contributed by atoms with van der Waals surface area (Å²) < 4.78 is 28.9. The number of hydrogen-bond donors (Lipinski definition) is 1. The van der Waals surface area contributed by atoms with Crippen molar-refractivity contribution >= 4 is 17.7 Å². The third-order valence-electron chi connectivity index (χ3n) is 3.90. The van der Waals surface area contributed by atoms with Gasteiger partial charge < -0.3 is 9.88 Å². The average Bonchev–Trinajstić information content (AvgIpc) is 2.83. The number of carbonyl (C=O) groups excluding carboxylic acids is 1. The van der Waals surface area contributed by atoms with Crippen LogP contribution < -0.4 is 5.32 Å². The lowest BCUT2D eigenvalue weighted by Gasteiger charge is -2.07. The summed E-state index contributed by atoms with van der Waals surface area (Å²) in [5, 5.41) is 11.5. The zero-order chi connectivity index (χ0) is 18.6. The minimum absolute atomic E-state index is 0.180. The highest BCUT2D eigenvalue weighted by Gasteiger charge is 2.15. The summed E-state index contributed by atoms with van der Waals surface area (Å²) in [6, 6.07) is 6.44. The first-order valence-electron chi connectivity index (χ1n) is 7.92. The van der Waals surface area contributed by atoms with Gasteiger partial charge in [0.2, 0.25) is 0 Å². The Bertz CT molecular complexity index is 876. The van der Waals surface area contributed by atoms with Crippen LogP contribution in [0.3, 0.4) is 0 Å².